The molecule has 0 saturated heterocycles. The second-order valence-corrected chi connectivity index (χ2v) is 4.13. The molecule has 0 heterocycles. The molecular formula is C10H22N2O. The SMILES string of the molecule is COCC(C)N(C)C1CCCC1N. The van der Waals surface area contributed by atoms with Gasteiger partial charge in [-0.2, -0.15) is 0 Å². The maximum absolute atomic E-state index is 6.03. The highest BCUT2D eigenvalue weighted by Gasteiger charge is 2.29. The molecule has 13 heavy (non-hydrogen) atoms. The van der Waals surface area contributed by atoms with E-state index >= 15 is 0 Å². The summed E-state index contributed by atoms with van der Waals surface area (Å²) in [6, 6.07) is 1.40. The van der Waals surface area contributed by atoms with Crippen LogP contribution in [0.4, 0.5) is 0 Å². The first kappa shape index (κ1) is 11.0. The van der Waals surface area contributed by atoms with Crippen LogP contribution in [0.1, 0.15) is 26.2 Å². The third-order valence-corrected chi connectivity index (χ3v) is 3.16. The zero-order chi connectivity index (χ0) is 9.84. The Kier molecular flexibility index (Phi) is 4.16. The molecule has 0 bridgehead atoms. The maximum Gasteiger partial charge on any atom is 0.0615 e. The number of nitrogens with zero attached hydrogens (tertiary/aromatic N) is 1. The van der Waals surface area contributed by atoms with E-state index in [-0.39, 0.29) is 0 Å². The monoisotopic (exact) mass is 186 g/mol. The first-order valence-electron chi connectivity index (χ1n) is 5.13. The minimum absolute atomic E-state index is 0.365. The quantitative estimate of drug-likeness (QED) is 0.707. The lowest BCUT2D eigenvalue weighted by Crippen LogP contribution is -2.47. The van der Waals surface area contributed by atoms with E-state index in [1.165, 1.54) is 19.3 Å². The summed E-state index contributed by atoms with van der Waals surface area (Å²) in [5.74, 6) is 0. The molecule has 1 aliphatic carbocycles. The van der Waals surface area contributed by atoms with Crippen molar-refractivity contribution >= 4 is 0 Å². The van der Waals surface area contributed by atoms with Gasteiger partial charge in [0.15, 0.2) is 0 Å². The predicted molar refractivity (Wildman–Crippen MR) is 54.7 cm³/mol. The van der Waals surface area contributed by atoms with Crippen LogP contribution >= 0.6 is 0 Å². The van der Waals surface area contributed by atoms with Crippen LogP contribution < -0.4 is 5.73 Å². The largest absolute Gasteiger partial charge is 0.383 e. The molecule has 1 rings (SSSR count). The van der Waals surface area contributed by atoms with E-state index in [2.05, 4.69) is 18.9 Å². The Hall–Kier alpha value is -0.120. The summed E-state index contributed by atoms with van der Waals surface area (Å²) in [6.07, 6.45) is 3.69. The second kappa shape index (κ2) is 4.94. The topological polar surface area (TPSA) is 38.5 Å². The van der Waals surface area contributed by atoms with Crippen molar-refractivity contribution in [2.24, 2.45) is 5.73 Å². The van der Waals surface area contributed by atoms with Gasteiger partial charge in [0.05, 0.1) is 6.61 Å². The number of hydrogen-bond acceptors (Lipinski definition) is 3. The zero-order valence-corrected chi connectivity index (χ0v) is 8.99. The van der Waals surface area contributed by atoms with Crippen molar-refractivity contribution in [2.75, 3.05) is 20.8 Å². The van der Waals surface area contributed by atoms with Crippen LogP contribution in [0.3, 0.4) is 0 Å². The van der Waals surface area contributed by atoms with E-state index in [9.17, 15) is 0 Å². The predicted octanol–water partition coefficient (Wildman–Crippen LogP) is 0.833. The van der Waals surface area contributed by atoms with Crippen molar-refractivity contribution < 1.29 is 4.74 Å². The van der Waals surface area contributed by atoms with E-state index in [0.29, 0.717) is 18.1 Å². The number of likely N-dealkylation sites (N-methyl/N-ethyl adjacent to an activating group) is 1. The number of ether oxygens (including phenoxy) is 1. The molecule has 1 fully saturated rings. The fourth-order valence-corrected chi connectivity index (χ4v) is 2.16. The summed E-state index contributed by atoms with van der Waals surface area (Å²) in [5, 5.41) is 0. The number of nitrogens with two attached hydrogens (primary N) is 1. The van der Waals surface area contributed by atoms with Gasteiger partial charge in [-0.3, -0.25) is 4.90 Å². The number of hydrogen-bond donors (Lipinski definition) is 1. The molecule has 0 aromatic carbocycles. The molecule has 1 saturated carbocycles. The molecule has 0 radical (unpaired) electrons. The van der Waals surface area contributed by atoms with Gasteiger partial charge in [-0.25, -0.2) is 0 Å². The minimum atomic E-state index is 0.365. The first-order chi connectivity index (χ1) is 6.16. The summed E-state index contributed by atoms with van der Waals surface area (Å²) in [6.45, 7) is 2.98. The summed E-state index contributed by atoms with van der Waals surface area (Å²) in [5.41, 5.74) is 6.03. The van der Waals surface area contributed by atoms with Gasteiger partial charge >= 0.3 is 0 Å². The lowest BCUT2D eigenvalue weighted by molar-refractivity contribution is 0.0861. The van der Waals surface area contributed by atoms with Crippen molar-refractivity contribution in [2.45, 2.75) is 44.3 Å². The third kappa shape index (κ3) is 2.66. The molecule has 3 nitrogen and oxygen atoms in total. The van der Waals surface area contributed by atoms with Crippen LogP contribution in [0.2, 0.25) is 0 Å². The molecule has 0 aromatic heterocycles. The molecule has 3 heteroatoms. The van der Waals surface area contributed by atoms with Gasteiger partial charge in [-0.05, 0) is 26.8 Å². The van der Waals surface area contributed by atoms with Crippen molar-refractivity contribution in [1.29, 1.82) is 0 Å². The maximum atomic E-state index is 6.03. The fraction of sp³-hybridized carbons (Fsp3) is 1.00. The first-order valence-corrected chi connectivity index (χ1v) is 5.13. The van der Waals surface area contributed by atoms with Gasteiger partial charge in [0.1, 0.15) is 0 Å². The summed E-state index contributed by atoms with van der Waals surface area (Å²) < 4.78 is 5.14. The molecule has 0 aromatic rings. The van der Waals surface area contributed by atoms with Gasteiger partial charge in [-0.1, -0.05) is 6.42 Å². The van der Waals surface area contributed by atoms with E-state index in [1.807, 2.05) is 0 Å². The highest BCUT2D eigenvalue weighted by molar-refractivity contribution is 4.88. The molecule has 0 aliphatic heterocycles. The molecule has 3 unspecified atom stereocenters. The molecular weight excluding hydrogens is 164 g/mol. The van der Waals surface area contributed by atoms with Crippen molar-refractivity contribution in [1.82, 2.24) is 4.90 Å². The summed E-state index contributed by atoms with van der Waals surface area (Å²) in [4.78, 5) is 2.36. The Labute approximate surface area is 81.2 Å². The van der Waals surface area contributed by atoms with Crippen LogP contribution in [0.25, 0.3) is 0 Å². The van der Waals surface area contributed by atoms with Crippen LogP contribution in [-0.2, 0) is 4.74 Å². The van der Waals surface area contributed by atoms with Gasteiger partial charge in [0.25, 0.3) is 0 Å². The van der Waals surface area contributed by atoms with Gasteiger partial charge in [-0.15, -0.1) is 0 Å². The molecule has 0 amide bonds. The van der Waals surface area contributed by atoms with Crippen LogP contribution in [0, 0.1) is 0 Å². The Balaban J connectivity index is 2.40. The second-order valence-electron chi connectivity index (χ2n) is 4.13. The van der Waals surface area contributed by atoms with Crippen LogP contribution in [0.5, 0.6) is 0 Å². The zero-order valence-electron chi connectivity index (χ0n) is 8.99. The van der Waals surface area contributed by atoms with Gasteiger partial charge in [0, 0.05) is 25.2 Å². The minimum Gasteiger partial charge on any atom is -0.383 e. The van der Waals surface area contributed by atoms with Gasteiger partial charge < -0.3 is 10.5 Å². The van der Waals surface area contributed by atoms with Crippen LogP contribution in [0.15, 0.2) is 0 Å². The van der Waals surface area contributed by atoms with Crippen molar-refractivity contribution in [3.63, 3.8) is 0 Å². The Morgan fingerprint density at radius 1 is 1.54 bits per heavy atom. The Morgan fingerprint density at radius 2 is 2.23 bits per heavy atom. The number of rotatable bonds is 4. The third-order valence-electron chi connectivity index (χ3n) is 3.16. The average molecular weight is 186 g/mol. The Morgan fingerprint density at radius 3 is 2.69 bits per heavy atom. The van der Waals surface area contributed by atoms with E-state index in [1.54, 1.807) is 7.11 Å². The molecule has 1 aliphatic rings. The fourth-order valence-electron chi connectivity index (χ4n) is 2.16. The molecule has 78 valence electrons. The lowest BCUT2D eigenvalue weighted by atomic mass is 10.1. The summed E-state index contributed by atoms with van der Waals surface area (Å²) >= 11 is 0. The van der Waals surface area contributed by atoms with E-state index in [4.69, 9.17) is 10.5 Å². The standard InChI is InChI=1S/C10H22N2O/c1-8(7-13-3)12(2)10-6-4-5-9(10)11/h8-10H,4-7,11H2,1-3H3. The summed E-state index contributed by atoms with van der Waals surface area (Å²) in [7, 11) is 3.90. The Bertz CT molecular complexity index is 152. The van der Waals surface area contributed by atoms with E-state index < -0.39 is 0 Å². The van der Waals surface area contributed by atoms with Crippen LogP contribution in [-0.4, -0.2) is 43.8 Å². The van der Waals surface area contributed by atoms with E-state index in [0.717, 1.165) is 6.61 Å². The van der Waals surface area contributed by atoms with Crippen molar-refractivity contribution in [3.05, 3.63) is 0 Å². The lowest BCUT2D eigenvalue weighted by Gasteiger charge is -2.32. The highest BCUT2D eigenvalue weighted by atomic mass is 16.5. The highest BCUT2D eigenvalue weighted by Crippen LogP contribution is 2.23. The smallest absolute Gasteiger partial charge is 0.0615 e. The number of methoxy groups -OCH3 is 1. The normalized spacial score (nSPS) is 31.2. The molecule has 0 spiro atoms. The average Bonchev–Trinajstić information content (AvgIpc) is 2.50. The molecule has 3 atom stereocenters. The molecule has 2 N–H and O–H groups in total. The van der Waals surface area contributed by atoms with Crippen molar-refractivity contribution in [3.8, 4) is 0 Å². The van der Waals surface area contributed by atoms with Gasteiger partial charge in [0.2, 0.25) is 0 Å².